The Morgan fingerprint density at radius 2 is 0.793 bits per heavy atom. The van der Waals surface area contributed by atoms with E-state index in [9.17, 15) is 97.8 Å². The van der Waals surface area contributed by atoms with Crippen LogP contribution in [0.4, 0.5) is 0 Å². The van der Waals surface area contributed by atoms with E-state index in [-0.39, 0.29) is 56.6 Å². The lowest BCUT2D eigenvalue weighted by Crippen LogP contribution is -2.61. The summed E-state index contributed by atoms with van der Waals surface area (Å²) in [6, 6.07) is -4.47. The molecule has 0 aliphatic heterocycles. The lowest BCUT2D eigenvalue weighted by atomic mass is 10.0. The molecule has 33 heteroatoms. The van der Waals surface area contributed by atoms with Crippen molar-refractivity contribution in [2.45, 2.75) is 152 Å². The molecular weight excluding hydrogens is 1170 g/mol. The monoisotopic (exact) mass is 1250 g/mol. The summed E-state index contributed by atoms with van der Waals surface area (Å²) in [5.74, 6) is -18.0. The average molecular weight is 1250 g/mol. The number of unbranched alkanes of at least 4 members (excludes halogenated alkanes) is 1. The first-order valence-electron chi connectivity index (χ1n) is 27.4. The van der Waals surface area contributed by atoms with E-state index < -0.39 is 194 Å². The number of aliphatic carboxylic acids is 4. The highest BCUT2D eigenvalue weighted by atomic mass is 32.1. The van der Waals surface area contributed by atoms with Crippen molar-refractivity contribution in [2.24, 2.45) is 23.1 Å². The predicted molar refractivity (Wildman–Crippen MR) is 308 cm³/mol. The van der Waals surface area contributed by atoms with Gasteiger partial charge < -0.3 is 95.7 Å². The first-order valence-corrected chi connectivity index (χ1v) is 28.1. The summed E-state index contributed by atoms with van der Waals surface area (Å²) in [5.41, 5.74) is 16.8. The number of benzene rings is 2. The van der Waals surface area contributed by atoms with Crippen LogP contribution in [-0.4, -0.2) is 187 Å². The molecule has 32 nitrogen and oxygen atoms in total. The number of hydrogen-bond donors (Lipinski definition) is 19. The van der Waals surface area contributed by atoms with Crippen LogP contribution in [-0.2, 0) is 80.0 Å². The number of carboxylic acid groups (broad SMARTS) is 4. The molecule has 9 atom stereocenters. The largest absolute Gasteiger partial charge is 0.508 e. The predicted octanol–water partition coefficient (Wildman–Crippen LogP) is -4.14. The molecule has 0 fully saturated rings. The molecule has 0 aliphatic rings. The lowest BCUT2D eigenvalue weighted by molar-refractivity contribution is -0.144. The Morgan fingerprint density at radius 3 is 1.18 bits per heavy atom. The number of rotatable bonds is 41. The van der Waals surface area contributed by atoms with Crippen LogP contribution in [0.5, 0.6) is 11.5 Å². The smallest absolute Gasteiger partial charge is 0.326 e. The molecule has 2 aromatic carbocycles. The lowest BCUT2D eigenvalue weighted by Gasteiger charge is -2.28. The molecule has 10 amide bonds. The number of nitrogens with one attached hydrogen (secondary N) is 9. The maximum Gasteiger partial charge on any atom is 0.326 e. The number of amides is 10. The number of phenols is 2. The van der Waals surface area contributed by atoms with Gasteiger partial charge in [-0.2, -0.15) is 12.6 Å². The molecule has 0 aliphatic carbocycles. The Bertz CT molecular complexity index is 2740. The van der Waals surface area contributed by atoms with E-state index in [1.165, 1.54) is 48.5 Å². The van der Waals surface area contributed by atoms with Crippen molar-refractivity contribution in [1.29, 1.82) is 0 Å². The van der Waals surface area contributed by atoms with Crippen LogP contribution in [0.3, 0.4) is 0 Å². The molecule has 0 radical (unpaired) electrons. The molecule has 0 aromatic heterocycles. The molecule has 480 valence electrons. The molecule has 0 saturated carbocycles. The Hall–Kier alpha value is -9.11. The Morgan fingerprint density at radius 1 is 0.437 bits per heavy atom. The van der Waals surface area contributed by atoms with Crippen LogP contribution in [0.15, 0.2) is 48.5 Å². The second-order valence-corrected chi connectivity index (χ2v) is 20.8. The van der Waals surface area contributed by atoms with E-state index in [0.29, 0.717) is 17.5 Å². The summed E-state index contributed by atoms with van der Waals surface area (Å²) in [6.07, 6.45) is -5.03. The molecule has 0 heterocycles. The summed E-state index contributed by atoms with van der Waals surface area (Å²) >= 11 is 4.23. The summed E-state index contributed by atoms with van der Waals surface area (Å²) in [5, 5.41) is 79.5. The minimum atomic E-state index is -2.04. The van der Waals surface area contributed by atoms with Crippen LogP contribution in [0.1, 0.15) is 95.6 Å². The number of primary amides is 1. The van der Waals surface area contributed by atoms with Crippen molar-refractivity contribution < 1.29 is 97.8 Å². The minimum Gasteiger partial charge on any atom is -0.508 e. The van der Waals surface area contributed by atoms with Gasteiger partial charge in [-0.1, -0.05) is 38.1 Å². The molecule has 0 bridgehead atoms. The molecule has 0 spiro atoms. The zero-order valence-electron chi connectivity index (χ0n) is 47.8. The Kier molecular flexibility index (Phi) is 32.4. The number of hydrogen-bond acceptors (Lipinski definition) is 19. The van der Waals surface area contributed by atoms with Crippen molar-refractivity contribution in [3.8, 4) is 11.5 Å². The number of carbonyl (C=O) groups is 14. The minimum absolute atomic E-state index is 0.0997. The van der Waals surface area contributed by atoms with Crippen LogP contribution < -0.4 is 65.1 Å². The van der Waals surface area contributed by atoms with Crippen molar-refractivity contribution in [3.05, 3.63) is 59.7 Å². The highest BCUT2D eigenvalue weighted by Gasteiger charge is 2.37. The zero-order chi connectivity index (χ0) is 65.5. The van der Waals surface area contributed by atoms with E-state index in [4.69, 9.17) is 17.2 Å². The fourth-order valence-electron chi connectivity index (χ4n) is 8.25. The molecule has 2 aromatic rings. The van der Waals surface area contributed by atoms with Gasteiger partial charge in [0.25, 0.3) is 0 Å². The van der Waals surface area contributed by atoms with Crippen LogP contribution in [0.2, 0.25) is 0 Å². The molecular formula is C54H78N12O20S. The highest BCUT2D eigenvalue weighted by Crippen LogP contribution is 2.16. The van der Waals surface area contributed by atoms with Crippen molar-refractivity contribution in [1.82, 2.24) is 47.9 Å². The SMILES string of the molecule is CC(C)C[C@H](NC(=O)[C@H](CCC(=O)O)NC(=O)[C@H](Cc1ccc(O)cc1)NC(=O)[C@H](CS)NC(=O)[C@H](Cc1ccc(O)cc1)NC(=O)[C@H](CCC(N)=O)NC(=O)CN)C(=O)N[C@@H](CC(=O)O)C(=O)N[C@@H](CCC(=O)O)C(=O)N[C@@H](CCCCN)C(=O)O. The number of thiol groups is 1. The van der Waals surface area contributed by atoms with Gasteiger partial charge in [-0.15, -0.1) is 0 Å². The van der Waals surface area contributed by atoms with Crippen molar-refractivity contribution in [2.75, 3.05) is 18.8 Å². The second-order valence-electron chi connectivity index (χ2n) is 20.5. The number of nitrogens with two attached hydrogens (primary N) is 3. The fraction of sp³-hybridized carbons (Fsp3) is 0.519. The number of carboxylic acids is 4. The summed E-state index contributed by atoms with van der Waals surface area (Å²) in [6.45, 7) is 2.86. The first kappa shape index (κ1) is 74.0. The van der Waals surface area contributed by atoms with Crippen LogP contribution >= 0.6 is 12.6 Å². The zero-order valence-corrected chi connectivity index (χ0v) is 48.7. The van der Waals surface area contributed by atoms with Gasteiger partial charge in [0.1, 0.15) is 65.9 Å². The Balaban J connectivity index is 2.54. The Labute approximate surface area is 504 Å². The van der Waals surface area contributed by atoms with Gasteiger partial charge in [-0.3, -0.25) is 62.3 Å². The van der Waals surface area contributed by atoms with E-state index in [1.807, 2.05) is 0 Å². The molecule has 0 saturated heterocycles. The van der Waals surface area contributed by atoms with Crippen LogP contribution in [0.25, 0.3) is 0 Å². The third kappa shape index (κ3) is 28.6. The van der Waals surface area contributed by atoms with Crippen molar-refractivity contribution >= 4 is 95.6 Å². The first-order chi connectivity index (χ1) is 41.0. The molecule has 21 N–H and O–H groups in total. The standard InChI is InChI=1S/C54H78N12O20S/c1-27(2)21-36(49(80)65-39(24-45(75)76)52(83)60-33(15-18-43(71)72)47(78)61-35(54(85)86)5-3-4-20-55)62-48(79)34(16-19-44(73)74)59-50(81)37(22-28-6-10-30(67)11-7-28)64-53(84)40(26-87)66-51(82)38(23-29-8-12-31(68)13-9-29)63-46(77)32(14-17-41(57)69)58-42(70)25-56/h6-13,27,32-40,67-68,87H,3-5,14-26,55-56H2,1-2H3,(H2,57,69)(H,58,70)(H,59,81)(H,60,83)(H,61,78)(H,62,79)(H,63,77)(H,64,84)(H,65,80)(H,66,82)(H,71,72)(H,73,74)(H,75,76)(H,85,86)/t32-,33-,34-,35-,36-,37-,38-,39-,40-/m0/s1. The van der Waals surface area contributed by atoms with E-state index in [1.54, 1.807) is 13.8 Å². The number of aromatic hydroxyl groups is 2. The number of phenolic OH excluding ortho intramolecular Hbond substituents is 2. The van der Waals surface area contributed by atoms with E-state index in [0.717, 1.165) is 0 Å². The summed E-state index contributed by atoms with van der Waals surface area (Å²) in [7, 11) is 0. The van der Waals surface area contributed by atoms with Gasteiger partial charge in [0, 0.05) is 37.9 Å². The molecule has 0 unspecified atom stereocenters. The highest BCUT2D eigenvalue weighted by molar-refractivity contribution is 7.80. The summed E-state index contributed by atoms with van der Waals surface area (Å²) < 4.78 is 0. The maximum atomic E-state index is 14.4. The molecule has 2 rings (SSSR count). The van der Waals surface area contributed by atoms with Gasteiger partial charge in [0.15, 0.2) is 0 Å². The fourth-order valence-corrected chi connectivity index (χ4v) is 8.50. The maximum absolute atomic E-state index is 14.4. The third-order valence-corrected chi connectivity index (χ3v) is 13.2. The molecule has 87 heavy (non-hydrogen) atoms. The quantitative estimate of drug-likeness (QED) is 0.0222. The second kappa shape index (κ2) is 38.0. The van der Waals surface area contributed by atoms with Crippen LogP contribution in [0, 0.1) is 5.92 Å². The topological polar surface area (TPSA) is 547 Å². The average Bonchev–Trinajstić information content (AvgIpc) is 3.32. The van der Waals surface area contributed by atoms with E-state index in [2.05, 4.69) is 60.5 Å². The normalized spacial score (nSPS) is 14.0. The van der Waals surface area contributed by atoms with Gasteiger partial charge in [0.05, 0.1) is 13.0 Å². The van der Waals surface area contributed by atoms with Crippen molar-refractivity contribution in [3.63, 3.8) is 0 Å². The van der Waals surface area contributed by atoms with Gasteiger partial charge in [-0.05, 0) is 92.8 Å². The van der Waals surface area contributed by atoms with E-state index >= 15 is 0 Å². The summed E-state index contributed by atoms with van der Waals surface area (Å²) in [4.78, 5) is 183. The number of carbonyl (C=O) groups excluding carboxylic acids is 10. The third-order valence-electron chi connectivity index (χ3n) is 12.8. The van der Waals surface area contributed by atoms with Gasteiger partial charge in [-0.25, -0.2) is 4.79 Å². The van der Waals surface area contributed by atoms with Gasteiger partial charge >= 0.3 is 23.9 Å². The van der Waals surface area contributed by atoms with Gasteiger partial charge in [0.2, 0.25) is 59.1 Å².